The number of aromatic nitrogens is 2. The van der Waals surface area contributed by atoms with Crippen molar-refractivity contribution in [3.8, 4) is 0 Å². The molecule has 6 nitrogen and oxygen atoms in total. The number of aryl methyl sites for hydroxylation is 1. The molecule has 1 fully saturated rings. The number of likely N-dealkylation sites (N-methyl/N-ethyl adjacent to an activating group) is 1. The maximum absolute atomic E-state index is 11.7. The monoisotopic (exact) mass is 292 g/mol. The third-order valence-corrected chi connectivity index (χ3v) is 4.28. The van der Waals surface area contributed by atoms with Gasteiger partial charge < -0.3 is 15.0 Å². The Morgan fingerprint density at radius 1 is 1.48 bits per heavy atom. The minimum Gasteiger partial charge on any atom is -0.462 e. The van der Waals surface area contributed by atoms with Crippen molar-refractivity contribution >= 4 is 11.9 Å². The SMILES string of the molecule is CCOC(=O)c1cnc(NCC2(N(C)C)CCC2)nc1C. The molecule has 1 aromatic rings. The number of hydrogen-bond acceptors (Lipinski definition) is 6. The second kappa shape index (κ2) is 6.39. The fourth-order valence-electron chi connectivity index (χ4n) is 2.57. The van der Waals surface area contributed by atoms with Crippen molar-refractivity contribution in [2.24, 2.45) is 0 Å². The van der Waals surface area contributed by atoms with E-state index in [9.17, 15) is 4.79 Å². The highest BCUT2D eigenvalue weighted by Crippen LogP contribution is 2.36. The number of esters is 1. The highest BCUT2D eigenvalue weighted by molar-refractivity contribution is 5.90. The molecule has 1 aliphatic rings. The molecule has 6 heteroatoms. The molecule has 1 saturated carbocycles. The summed E-state index contributed by atoms with van der Waals surface area (Å²) >= 11 is 0. The first kappa shape index (κ1) is 15.7. The molecule has 0 unspecified atom stereocenters. The zero-order valence-corrected chi connectivity index (χ0v) is 13.3. The van der Waals surface area contributed by atoms with E-state index in [1.54, 1.807) is 13.8 Å². The summed E-state index contributed by atoms with van der Waals surface area (Å²) in [4.78, 5) is 22.6. The lowest BCUT2D eigenvalue weighted by molar-refractivity contribution is 0.0524. The van der Waals surface area contributed by atoms with Gasteiger partial charge in [-0.1, -0.05) is 0 Å². The second-order valence-corrected chi connectivity index (χ2v) is 5.74. The van der Waals surface area contributed by atoms with Crippen LogP contribution in [0.1, 0.15) is 42.2 Å². The van der Waals surface area contributed by atoms with Gasteiger partial charge in [-0.05, 0) is 47.2 Å². The molecule has 1 aliphatic carbocycles. The van der Waals surface area contributed by atoms with E-state index in [0.717, 1.165) is 6.54 Å². The molecular formula is C15H24N4O2. The fourth-order valence-corrected chi connectivity index (χ4v) is 2.57. The van der Waals surface area contributed by atoms with Crippen molar-refractivity contribution in [1.29, 1.82) is 0 Å². The van der Waals surface area contributed by atoms with Crippen LogP contribution in [0.3, 0.4) is 0 Å². The number of nitrogens with zero attached hydrogens (tertiary/aromatic N) is 3. The number of nitrogens with one attached hydrogen (secondary N) is 1. The summed E-state index contributed by atoms with van der Waals surface area (Å²) in [6.07, 6.45) is 5.17. The molecular weight excluding hydrogens is 268 g/mol. The number of anilines is 1. The number of hydrogen-bond donors (Lipinski definition) is 1. The molecule has 116 valence electrons. The summed E-state index contributed by atoms with van der Waals surface area (Å²) in [5.41, 5.74) is 1.27. The van der Waals surface area contributed by atoms with Gasteiger partial charge in [-0.3, -0.25) is 0 Å². The van der Waals surface area contributed by atoms with Crippen molar-refractivity contribution in [2.45, 2.75) is 38.6 Å². The summed E-state index contributed by atoms with van der Waals surface area (Å²) in [6, 6.07) is 0. The van der Waals surface area contributed by atoms with Gasteiger partial charge in [0.1, 0.15) is 0 Å². The molecule has 0 spiro atoms. The first-order valence-corrected chi connectivity index (χ1v) is 7.40. The van der Waals surface area contributed by atoms with Gasteiger partial charge in [0.15, 0.2) is 0 Å². The van der Waals surface area contributed by atoms with Crippen LogP contribution in [0, 0.1) is 6.92 Å². The van der Waals surface area contributed by atoms with Crippen molar-refractivity contribution < 1.29 is 9.53 Å². The number of rotatable bonds is 6. The lowest BCUT2D eigenvalue weighted by Gasteiger charge is -2.47. The Bertz CT molecular complexity index is 512. The van der Waals surface area contributed by atoms with Crippen LogP contribution in [-0.4, -0.2) is 53.6 Å². The van der Waals surface area contributed by atoms with Crippen LogP contribution < -0.4 is 5.32 Å². The van der Waals surface area contributed by atoms with Gasteiger partial charge in [0.2, 0.25) is 5.95 Å². The molecule has 1 heterocycles. The predicted octanol–water partition coefficient (Wildman–Crippen LogP) is 1.86. The zero-order chi connectivity index (χ0) is 15.5. The summed E-state index contributed by atoms with van der Waals surface area (Å²) < 4.78 is 4.97. The van der Waals surface area contributed by atoms with Gasteiger partial charge in [0.25, 0.3) is 0 Å². The summed E-state index contributed by atoms with van der Waals surface area (Å²) in [5.74, 6) is 0.193. The topological polar surface area (TPSA) is 67.3 Å². The quantitative estimate of drug-likeness (QED) is 0.807. The number of carbonyl (C=O) groups is 1. The van der Waals surface area contributed by atoms with E-state index in [-0.39, 0.29) is 11.5 Å². The van der Waals surface area contributed by atoms with E-state index < -0.39 is 0 Å². The first-order valence-electron chi connectivity index (χ1n) is 7.40. The third-order valence-electron chi connectivity index (χ3n) is 4.28. The first-order chi connectivity index (χ1) is 9.98. The maximum Gasteiger partial charge on any atom is 0.341 e. The number of ether oxygens (including phenoxy) is 1. The van der Waals surface area contributed by atoms with E-state index in [0.29, 0.717) is 23.8 Å². The highest BCUT2D eigenvalue weighted by atomic mass is 16.5. The molecule has 21 heavy (non-hydrogen) atoms. The van der Waals surface area contributed by atoms with Gasteiger partial charge in [-0.15, -0.1) is 0 Å². The molecule has 0 aromatic carbocycles. The van der Waals surface area contributed by atoms with Gasteiger partial charge in [-0.2, -0.15) is 0 Å². The van der Waals surface area contributed by atoms with Crippen LogP contribution in [0.4, 0.5) is 5.95 Å². The smallest absolute Gasteiger partial charge is 0.341 e. The largest absolute Gasteiger partial charge is 0.462 e. The molecule has 0 amide bonds. The molecule has 0 saturated heterocycles. The van der Waals surface area contributed by atoms with Crippen LogP contribution in [0.2, 0.25) is 0 Å². The standard InChI is InChI=1S/C15H24N4O2/c1-5-21-13(20)12-9-16-14(18-11(12)2)17-10-15(19(3)4)7-6-8-15/h9H,5-8,10H2,1-4H3,(H,16,17,18). The van der Waals surface area contributed by atoms with E-state index in [1.807, 2.05) is 0 Å². The average molecular weight is 292 g/mol. The minimum absolute atomic E-state index is 0.205. The lowest BCUT2D eigenvalue weighted by Crippen LogP contribution is -2.54. The van der Waals surface area contributed by atoms with E-state index >= 15 is 0 Å². The van der Waals surface area contributed by atoms with E-state index in [2.05, 4.69) is 34.3 Å². The molecule has 0 radical (unpaired) electrons. The van der Waals surface area contributed by atoms with Crippen molar-refractivity contribution in [3.63, 3.8) is 0 Å². The van der Waals surface area contributed by atoms with Crippen LogP contribution in [0.5, 0.6) is 0 Å². The van der Waals surface area contributed by atoms with E-state index in [1.165, 1.54) is 25.5 Å². The van der Waals surface area contributed by atoms with Gasteiger partial charge >= 0.3 is 5.97 Å². The fraction of sp³-hybridized carbons (Fsp3) is 0.667. The summed E-state index contributed by atoms with van der Waals surface area (Å²) in [5, 5.41) is 3.29. The van der Waals surface area contributed by atoms with Crippen LogP contribution in [-0.2, 0) is 4.74 Å². The van der Waals surface area contributed by atoms with Crippen LogP contribution in [0.25, 0.3) is 0 Å². The molecule has 0 atom stereocenters. The Hall–Kier alpha value is -1.69. The molecule has 2 rings (SSSR count). The van der Waals surface area contributed by atoms with E-state index in [4.69, 9.17) is 4.74 Å². The van der Waals surface area contributed by atoms with Gasteiger partial charge in [-0.25, -0.2) is 14.8 Å². The average Bonchev–Trinajstić information content (AvgIpc) is 2.37. The van der Waals surface area contributed by atoms with Crippen molar-refractivity contribution in [2.75, 3.05) is 32.6 Å². The summed E-state index contributed by atoms with van der Waals surface area (Å²) in [7, 11) is 4.22. The lowest BCUT2D eigenvalue weighted by atomic mass is 9.75. The summed E-state index contributed by atoms with van der Waals surface area (Å²) in [6.45, 7) is 4.75. The number of carbonyl (C=O) groups excluding carboxylic acids is 1. The van der Waals surface area contributed by atoms with Gasteiger partial charge in [0, 0.05) is 18.3 Å². The van der Waals surface area contributed by atoms with Gasteiger partial charge in [0.05, 0.1) is 17.9 Å². The molecule has 1 N–H and O–H groups in total. The van der Waals surface area contributed by atoms with Crippen molar-refractivity contribution in [1.82, 2.24) is 14.9 Å². The Balaban J connectivity index is 2.02. The Morgan fingerprint density at radius 3 is 2.67 bits per heavy atom. The maximum atomic E-state index is 11.7. The Kier molecular flexibility index (Phi) is 4.77. The third kappa shape index (κ3) is 3.32. The molecule has 0 aliphatic heterocycles. The van der Waals surface area contributed by atoms with Crippen molar-refractivity contribution in [3.05, 3.63) is 17.5 Å². The second-order valence-electron chi connectivity index (χ2n) is 5.74. The Morgan fingerprint density at radius 2 is 2.19 bits per heavy atom. The van der Waals surface area contributed by atoms with Crippen LogP contribution >= 0.6 is 0 Å². The molecule has 0 bridgehead atoms. The minimum atomic E-state index is -0.370. The zero-order valence-electron chi connectivity index (χ0n) is 13.3. The molecule has 1 aromatic heterocycles. The normalized spacial score (nSPS) is 16.4. The van der Waals surface area contributed by atoms with Crippen LogP contribution in [0.15, 0.2) is 6.20 Å². The predicted molar refractivity (Wildman–Crippen MR) is 81.5 cm³/mol. The Labute approximate surface area is 125 Å². The highest BCUT2D eigenvalue weighted by Gasteiger charge is 2.38.